The van der Waals surface area contributed by atoms with Crippen molar-refractivity contribution in [2.45, 2.75) is 13.0 Å². The molecule has 0 aromatic heterocycles. The second kappa shape index (κ2) is 5.74. The number of carbonyl (C=O) groups excluding carboxylic acids is 1. The van der Waals surface area contributed by atoms with Gasteiger partial charge in [0.05, 0.1) is 11.6 Å². The fraction of sp³-hybridized carbons (Fsp3) is 0.188. The third-order valence-electron chi connectivity index (χ3n) is 3.43. The Hall–Kier alpha value is -2.36. The number of nitrogen functional groups attached to an aromatic ring is 1. The van der Waals surface area contributed by atoms with Gasteiger partial charge in [0.1, 0.15) is 5.82 Å². The van der Waals surface area contributed by atoms with E-state index in [1.165, 1.54) is 18.2 Å². The topological polar surface area (TPSA) is 46.3 Å². The lowest BCUT2D eigenvalue weighted by atomic mass is 10.1. The fourth-order valence-electron chi connectivity index (χ4n) is 2.03. The average Bonchev–Trinajstić information content (AvgIpc) is 2.48. The minimum atomic E-state index is -0.469. The van der Waals surface area contributed by atoms with Gasteiger partial charge >= 0.3 is 0 Å². The SMILES string of the molecule is CC(c1ccccc1)N(C)C(=O)c1cc(F)ccc1N. The number of anilines is 1. The molecule has 0 bridgehead atoms. The molecule has 0 spiro atoms. The maximum Gasteiger partial charge on any atom is 0.256 e. The van der Waals surface area contributed by atoms with Crippen LogP contribution in [0.2, 0.25) is 0 Å². The van der Waals surface area contributed by atoms with Crippen molar-refractivity contribution in [1.29, 1.82) is 0 Å². The Kier molecular flexibility index (Phi) is 4.03. The van der Waals surface area contributed by atoms with Crippen LogP contribution in [-0.4, -0.2) is 17.9 Å². The number of amides is 1. The van der Waals surface area contributed by atoms with Gasteiger partial charge in [-0.15, -0.1) is 0 Å². The van der Waals surface area contributed by atoms with Crippen molar-refractivity contribution in [2.24, 2.45) is 0 Å². The van der Waals surface area contributed by atoms with E-state index in [1.807, 2.05) is 37.3 Å². The Morgan fingerprint density at radius 1 is 1.20 bits per heavy atom. The molecule has 0 heterocycles. The Morgan fingerprint density at radius 2 is 1.85 bits per heavy atom. The van der Waals surface area contributed by atoms with Crippen molar-refractivity contribution in [3.05, 3.63) is 65.5 Å². The summed E-state index contributed by atoms with van der Waals surface area (Å²) in [6.45, 7) is 1.92. The molecule has 3 nitrogen and oxygen atoms in total. The quantitative estimate of drug-likeness (QED) is 0.872. The van der Waals surface area contributed by atoms with Crippen molar-refractivity contribution in [3.63, 3.8) is 0 Å². The largest absolute Gasteiger partial charge is 0.398 e. The van der Waals surface area contributed by atoms with E-state index in [9.17, 15) is 9.18 Å². The Labute approximate surface area is 117 Å². The van der Waals surface area contributed by atoms with Crippen molar-refractivity contribution < 1.29 is 9.18 Å². The smallest absolute Gasteiger partial charge is 0.256 e. The van der Waals surface area contributed by atoms with Gasteiger partial charge in [-0.3, -0.25) is 4.79 Å². The Balaban J connectivity index is 2.27. The summed E-state index contributed by atoms with van der Waals surface area (Å²) in [6, 6.07) is 13.4. The van der Waals surface area contributed by atoms with Gasteiger partial charge in [0.25, 0.3) is 5.91 Å². The first-order valence-corrected chi connectivity index (χ1v) is 6.38. The highest BCUT2D eigenvalue weighted by molar-refractivity contribution is 5.99. The van der Waals surface area contributed by atoms with Gasteiger partial charge in [-0.2, -0.15) is 0 Å². The standard InChI is InChI=1S/C16H17FN2O/c1-11(12-6-4-3-5-7-12)19(2)16(20)14-10-13(17)8-9-15(14)18/h3-11H,18H2,1-2H3. The molecule has 2 aromatic rings. The molecule has 0 aliphatic rings. The maximum absolute atomic E-state index is 13.3. The van der Waals surface area contributed by atoms with Gasteiger partial charge < -0.3 is 10.6 Å². The zero-order chi connectivity index (χ0) is 14.7. The number of nitrogens with zero attached hydrogens (tertiary/aromatic N) is 1. The number of nitrogens with two attached hydrogens (primary N) is 1. The van der Waals surface area contributed by atoms with Gasteiger partial charge in [-0.1, -0.05) is 30.3 Å². The monoisotopic (exact) mass is 272 g/mol. The summed E-state index contributed by atoms with van der Waals surface area (Å²) in [5.74, 6) is -0.762. The lowest BCUT2D eigenvalue weighted by Crippen LogP contribution is -2.30. The van der Waals surface area contributed by atoms with Crippen LogP contribution in [0.3, 0.4) is 0 Å². The maximum atomic E-state index is 13.3. The van der Waals surface area contributed by atoms with Gasteiger partial charge in [0.15, 0.2) is 0 Å². The number of rotatable bonds is 3. The third-order valence-corrected chi connectivity index (χ3v) is 3.43. The summed E-state index contributed by atoms with van der Waals surface area (Å²) >= 11 is 0. The highest BCUT2D eigenvalue weighted by atomic mass is 19.1. The average molecular weight is 272 g/mol. The van der Waals surface area contributed by atoms with Crippen molar-refractivity contribution in [2.75, 3.05) is 12.8 Å². The number of hydrogen-bond donors (Lipinski definition) is 1. The van der Waals surface area contributed by atoms with Gasteiger partial charge in [-0.25, -0.2) is 4.39 Å². The lowest BCUT2D eigenvalue weighted by molar-refractivity contribution is 0.0743. The first kappa shape index (κ1) is 14.1. The van der Waals surface area contributed by atoms with Crippen LogP contribution in [0.25, 0.3) is 0 Å². The van der Waals surface area contributed by atoms with Crippen LogP contribution in [0.1, 0.15) is 28.9 Å². The van der Waals surface area contributed by atoms with Crippen molar-refractivity contribution >= 4 is 11.6 Å². The summed E-state index contributed by atoms with van der Waals surface area (Å²) in [5, 5.41) is 0. The van der Waals surface area contributed by atoms with E-state index in [0.717, 1.165) is 5.56 Å². The van der Waals surface area contributed by atoms with Crippen LogP contribution in [-0.2, 0) is 0 Å². The number of benzene rings is 2. The zero-order valence-corrected chi connectivity index (χ0v) is 11.5. The summed E-state index contributed by atoms with van der Waals surface area (Å²) < 4.78 is 13.3. The van der Waals surface area contributed by atoms with E-state index >= 15 is 0 Å². The summed E-state index contributed by atoms with van der Waals surface area (Å²) in [4.78, 5) is 14.0. The van der Waals surface area contributed by atoms with Crippen molar-refractivity contribution in [3.8, 4) is 0 Å². The molecule has 0 fully saturated rings. The van der Waals surface area contributed by atoms with E-state index in [2.05, 4.69) is 0 Å². The molecule has 2 N–H and O–H groups in total. The molecule has 1 atom stereocenters. The van der Waals surface area contributed by atoms with Crippen LogP contribution in [0, 0.1) is 5.82 Å². The fourth-order valence-corrected chi connectivity index (χ4v) is 2.03. The Bertz CT molecular complexity index is 613. The van der Waals surface area contributed by atoms with Gasteiger partial charge in [-0.05, 0) is 30.7 Å². The number of halogens is 1. The van der Waals surface area contributed by atoms with Crippen LogP contribution in [0.4, 0.5) is 10.1 Å². The molecule has 2 rings (SSSR count). The van der Waals surface area contributed by atoms with Crippen molar-refractivity contribution in [1.82, 2.24) is 4.90 Å². The molecule has 4 heteroatoms. The Morgan fingerprint density at radius 3 is 2.50 bits per heavy atom. The van der Waals surface area contributed by atoms with Crippen LogP contribution in [0.15, 0.2) is 48.5 Å². The van der Waals surface area contributed by atoms with Crippen LogP contribution < -0.4 is 5.73 Å². The minimum absolute atomic E-state index is 0.119. The predicted octanol–water partition coefficient (Wildman–Crippen LogP) is 3.24. The molecule has 104 valence electrons. The molecular weight excluding hydrogens is 255 g/mol. The predicted molar refractivity (Wildman–Crippen MR) is 77.8 cm³/mol. The molecule has 2 aromatic carbocycles. The molecule has 1 unspecified atom stereocenters. The number of carbonyl (C=O) groups is 1. The van der Waals surface area contributed by atoms with E-state index < -0.39 is 5.82 Å². The summed E-state index contributed by atoms with van der Waals surface area (Å²) in [5.41, 5.74) is 7.24. The van der Waals surface area contributed by atoms with Gasteiger partial charge in [0.2, 0.25) is 0 Å². The molecule has 0 aliphatic carbocycles. The van der Waals surface area contributed by atoms with Crippen LogP contribution >= 0.6 is 0 Å². The first-order valence-electron chi connectivity index (χ1n) is 6.38. The molecule has 0 aliphatic heterocycles. The zero-order valence-electron chi connectivity index (χ0n) is 11.5. The first-order chi connectivity index (χ1) is 9.50. The van der Waals surface area contributed by atoms with E-state index in [0.29, 0.717) is 0 Å². The molecule has 1 amide bonds. The number of hydrogen-bond acceptors (Lipinski definition) is 2. The van der Waals surface area contributed by atoms with Crippen LogP contribution in [0.5, 0.6) is 0 Å². The highest BCUT2D eigenvalue weighted by Gasteiger charge is 2.20. The summed E-state index contributed by atoms with van der Waals surface area (Å²) in [7, 11) is 1.68. The molecular formula is C16H17FN2O. The second-order valence-corrected chi connectivity index (χ2v) is 4.73. The molecule has 20 heavy (non-hydrogen) atoms. The summed E-state index contributed by atoms with van der Waals surface area (Å²) in [6.07, 6.45) is 0. The van der Waals surface area contributed by atoms with Gasteiger partial charge in [0, 0.05) is 12.7 Å². The molecule has 0 saturated heterocycles. The van der Waals surface area contributed by atoms with E-state index in [1.54, 1.807) is 11.9 Å². The van der Waals surface area contributed by atoms with E-state index in [4.69, 9.17) is 5.73 Å². The lowest BCUT2D eigenvalue weighted by Gasteiger charge is -2.26. The molecule has 0 saturated carbocycles. The highest BCUT2D eigenvalue weighted by Crippen LogP contribution is 2.23. The normalized spacial score (nSPS) is 11.9. The molecule has 0 radical (unpaired) electrons. The second-order valence-electron chi connectivity index (χ2n) is 4.73. The van der Waals surface area contributed by atoms with E-state index in [-0.39, 0.29) is 23.2 Å². The minimum Gasteiger partial charge on any atom is -0.398 e. The third kappa shape index (κ3) is 2.79.